The summed E-state index contributed by atoms with van der Waals surface area (Å²) in [5.41, 5.74) is 1.41. The first-order chi connectivity index (χ1) is 6.36. The van der Waals surface area contributed by atoms with Crippen LogP contribution in [0.1, 0.15) is 13.8 Å². The Bertz CT molecular complexity index is 344. The van der Waals surface area contributed by atoms with E-state index in [1.807, 2.05) is 0 Å². The van der Waals surface area contributed by atoms with Crippen molar-refractivity contribution in [3.63, 3.8) is 0 Å². The van der Waals surface area contributed by atoms with E-state index in [0.29, 0.717) is 15.0 Å². The van der Waals surface area contributed by atoms with Crippen LogP contribution >= 0.6 is 0 Å². The first-order valence-corrected chi connectivity index (χ1v) is 6.29. The average Bonchev–Trinajstić information content (AvgIpc) is 2.55. The molecule has 0 unspecified atom stereocenters. The van der Waals surface area contributed by atoms with Crippen molar-refractivity contribution in [1.29, 1.82) is 0 Å². The summed E-state index contributed by atoms with van der Waals surface area (Å²) in [5.74, 6) is 0. The van der Waals surface area contributed by atoms with Gasteiger partial charge in [0.2, 0.25) is 0 Å². The third kappa shape index (κ3) is 1.41. The summed E-state index contributed by atoms with van der Waals surface area (Å²) >= 11 is 0.529. The monoisotopic (exact) mass is 239 g/mol. The number of fused-ring (bicyclic) bond motifs is 1. The van der Waals surface area contributed by atoms with Crippen molar-refractivity contribution in [3.05, 3.63) is 34.9 Å². The number of benzene rings is 1. The topological polar surface area (TPSA) is 3.24 Å². The molecular weight excluding hydrogens is 225 g/mol. The molecule has 1 nitrogen and oxygen atoms in total. The van der Waals surface area contributed by atoms with Crippen molar-refractivity contribution in [3.8, 4) is 0 Å². The van der Waals surface area contributed by atoms with Gasteiger partial charge in [-0.2, -0.15) is 0 Å². The SMILES string of the molecule is C/C=C1\[Se]c2ccccc2N1CC. The number of anilines is 1. The van der Waals surface area contributed by atoms with Crippen molar-refractivity contribution in [2.45, 2.75) is 13.8 Å². The molecule has 1 aliphatic rings. The van der Waals surface area contributed by atoms with Crippen molar-refractivity contribution in [2.24, 2.45) is 0 Å². The molecule has 0 amide bonds. The molecule has 0 fully saturated rings. The van der Waals surface area contributed by atoms with Crippen LogP contribution in [0.3, 0.4) is 0 Å². The first-order valence-electron chi connectivity index (χ1n) is 4.57. The summed E-state index contributed by atoms with van der Waals surface area (Å²) < 4.78 is 3.01. The molecule has 0 radical (unpaired) electrons. The molecule has 0 spiro atoms. The second-order valence-corrected chi connectivity index (χ2v) is 5.17. The van der Waals surface area contributed by atoms with Gasteiger partial charge in [-0.25, -0.2) is 0 Å². The van der Waals surface area contributed by atoms with Gasteiger partial charge < -0.3 is 0 Å². The van der Waals surface area contributed by atoms with E-state index in [4.69, 9.17) is 0 Å². The molecule has 1 aromatic rings. The van der Waals surface area contributed by atoms with E-state index in [0.717, 1.165) is 6.54 Å². The van der Waals surface area contributed by atoms with E-state index < -0.39 is 0 Å². The molecule has 1 heterocycles. The molecular formula is C11H13NSe. The molecule has 0 saturated carbocycles. The van der Waals surface area contributed by atoms with Gasteiger partial charge in [-0.15, -0.1) is 0 Å². The Kier molecular flexibility index (Phi) is 2.43. The van der Waals surface area contributed by atoms with E-state index in [2.05, 4.69) is 49.1 Å². The Balaban J connectivity index is 2.46. The van der Waals surface area contributed by atoms with Crippen LogP contribution in [0.5, 0.6) is 0 Å². The molecule has 1 aliphatic heterocycles. The molecule has 13 heavy (non-hydrogen) atoms. The second kappa shape index (κ2) is 3.57. The quantitative estimate of drug-likeness (QED) is 0.673. The fourth-order valence-electron chi connectivity index (χ4n) is 1.59. The average molecular weight is 238 g/mol. The Hall–Kier alpha value is -0.721. The predicted octanol–water partition coefficient (Wildman–Crippen LogP) is 1.72. The third-order valence-electron chi connectivity index (χ3n) is 2.20. The van der Waals surface area contributed by atoms with Crippen molar-refractivity contribution in [2.75, 3.05) is 11.4 Å². The zero-order valence-electron chi connectivity index (χ0n) is 7.95. The second-order valence-electron chi connectivity index (χ2n) is 2.94. The molecule has 0 bridgehead atoms. The number of hydrogen-bond acceptors (Lipinski definition) is 1. The van der Waals surface area contributed by atoms with Crippen LogP contribution in [0.4, 0.5) is 5.69 Å². The normalized spacial score (nSPS) is 18.0. The third-order valence-corrected chi connectivity index (χ3v) is 4.78. The van der Waals surface area contributed by atoms with Crippen LogP contribution in [0, 0.1) is 0 Å². The molecule has 0 aliphatic carbocycles. The number of hydrogen-bond donors (Lipinski definition) is 0. The van der Waals surface area contributed by atoms with Gasteiger partial charge in [-0.1, -0.05) is 0 Å². The van der Waals surface area contributed by atoms with Crippen LogP contribution in [0.2, 0.25) is 0 Å². The maximum atomic E-state index is 2.41. The summed E-state index contributed by atoms with van der Waals surface area (Å²) in [5, 5.41) is 0. The molecule has 2 rings (SSSR count). The summed E-state index contributed by atoms with van der Waals surface area (Å²) in [6.07, 6.45) is 2.24. The number of allylic oxidation sites excluding steroid dienone is 1. The van der Waals surface area contributed by atoms with E-state index in [1.165, 1.54) is 14.7 Å². The molecule has 0 atom stereocenters. The summed E-state index contributed by atoms with van der Waals surface area (Å²) in [4.78, 5) is 2.41. The standard InChI is InChI=1S/C11H13NSe/c1-3-11-12(4-2)9-7-5-6-8-10(9)13-11/h3,5-8H,4H2,1-2H3/b11-3-. The molecule has 68 valence electrons. The van der Waals surface area contributed by atoms with Crippen LogP contribution in [0.25, 0.3) is 0 Å². The maximum absolute atomic E-state index is 2.41. The van der Waals surface area contributed by atoms with Crippen molar-refractivity contribution < 1.29 is 0 Å². The molecule has 0 aromatic heterocycles. The van der Waals surface area contributed by atoms with E-state index in [1.54, 1.807) is 0 Å². The molecule has 0 saturated heterocycles. The van der Waals surface area contributed by atoms with Gasteiger partial charge in [0.1, 0.15) is 0 Å². The van der Waals surface area contributed by atoms with Crippen molar-refractivity contribution >= 4 is 25.1 Å². The van der Waals surface area contributed by atoms with Gasteiger partial charge in [0.15, 0.2) is 0 Å². The van der Waals surface area contributed by atoms with E-state index in [9.17, 15) is 0 Å². The van der Waals surface area contributed by atoms with Gasteiger partial charge >= 0.3 is 85.3 Å². The Morgan fingerprint density at radius 3 is 2.85 bits per heavy atom. The minimum absolute atomic E-state index is 0.529. The van der Waals surface area contributed by atoms with Gasteiger partial charge in [0.25, 0.3) is 0 Å². The number of para-hydroxylation sites is 1. The number of nitrogens with zero attached hydrogens (tertiary/aromatic N) is 1. The van der Waals surface area contributed by atoms with Gasteiger partial charge in [0, 0.05) is 0 Å². The van der Waals surface area contributed by atoms with Crippen LogP contribution in [0.15, 0.2) is 34.9 Å². The fraction of sp³-hybridized carbons (Fsp3) is 0.273. The van der Waals surface area contributed by atoms with Crippen LogP contribution < -0.4 is 9.36 Å². The number of rotatable bonds is 1. The molecule has 2 heteroatoms. The Morgan fingerprint density at radius 1 is 1.38 bits per heavy atom. The zero-order chi connectivity index (χ0) is 9.26. The predicted molar refractivity (Wildman–Crippen MR) is 58.6 cm³/mol. The summed E-state index contributed by atoms with van der Waals surface area (Å²) in [7, 11) is 0. The molecule has 0 N–H and O–H groups in total. The summed E-state index contributed by atoms with van der Waals surface area (Å²) in [6.45, 7) is 5.42. The van der Waals surface area contributed by atoms with Gasteiger partial charge in [0.05, 0.1) is 0 Å². The fourth-order valence-corrected chi connectivity index (χ4v) is 3.92. The summed E-state index contributed by atoms with van der Waals surface area (Å²) in [6, 6.07) is 8.72. The Labute approximate surface area is 85.6 Å². The zero-order valence-corrected chi connectivity index (χ0v) is 9.66. The molecule has 1 aromatic carbocycles. The first kappa shape index (κ1) is 8.86. The van der Waals surface area contributed by atoms with Crippen molar-refractivity contribution in [1.82, 2.24) is 0 Å². The van der Waals surface area contributed by atoms with Gasteiger partial charge in [-0.3, -0.25) is 0 Å². The Morgan fingerprint density at radius 2 is 2.15 bits per heavy atom. The van der Waals surface area contributed by atoms with Gasteiger partial charge in [-0.05, 0) is 0 Å². The van der Waals surface area contributed by atoms with Crippen LogP contribution in [-0.2, 0) is 0 Å². The minimum atomic E-state index is 0.529. The van der Waals surface area contributed by atoms with E-state index in [-0.39, 0.29) is 0 Å². The van der Waals surface area contributed by atoms with E-state index >= 15 is 0 Å². The van der Waals surface area contributed by atoms with Crippen LogP contribution in [-0.4, -0.2) is 21.5 Å².